The molecule has 31 heteroatoms. The van der Waals surface area contributed by atoms with Gasteiger partial charge in [-0.2, -0.15) is 30.1 Å². The van der Waals surface area contributed by atoms with Crippen molar-refractivity contribution in [1.82, 2.24) is 49.3 Å². The molecule has 6 N–H and O–H groups in total. The Balaban J connectivity index is 0.000000240. The molecule has 9 rings (SSSR count). The molecule has 0 saturated carbocycles. The summed E-state index contributed by atoms with van der Waals surface area (Å²) in [7, 11) is -7.70. The Morgan fingerprint density at radius 3 is 1.63 bits per heavy atom. The summed E-state index contributed by atoms with van der Waals surface area (Å²) in [5.74, 6) is -0.954. The van der Waals surface area contributed by atoms with Gasteiger partial charge in [0, 0.05) is 56.0 Å². The van der Waals surface area contributed by atoms with Gasteiger partial charge in [0.25, 0.3) is 0 Å². The Labute approximate surface area is 506 Å². The number of aromatic nitrogens is 8. The van der Waals surface area contributed by atoms with Gasteiger partial charge in [-0.15, -0.1) is 0 Å². The summed E-state index contributed by atoms with van der Waals surface area (Å²) in [5, 5.41) is 39.2. The van der Waals surface area contributed by atoms with Crippen LogP contribution in [0.5, 0.6) is 0 Å². The van der Waals surface area contributed by atoms with E-state index in [0.717, 1.165) is 11.1 Å². The molecule has 1 unspecified atom stereocenters. The monoisotopic (exact) mass is 1290 g/mol. The van der Waals surface area contributed by atoms with Crippen molar-refractivity contribution in [3.8, 4) is 0 Å². The number of ether oxygens (including phenoxy) is 4. The third-order valence-corrected chi connectivity index (χ3v) is 16.9. The number of rotatable bonds is 22. The number of aliphatic hydroxyl groups excluding tert-OH is 2. The molecule has 3 fully saturated rings. The van der Waals surface area contributed by atoms with Gasteiger partial charge in [0.15, 0.2) is 29.5 Å². The van der Waals surface area contributed by atoms with Gasteiger partial charge in [0.2, 0.25) is 29.8 Å². The summed E-state index contributed by atoms with van der Waals surface area (Å²) >= 11 is 25.1. The van der Waals surface area contributed by atoms with Gasteiger partial charge in [-0.25, -0.2) is 9.36 Å². The minimum atomic E-state index is -4.61. The van der Waals surface area contributed by atoms with Crippen LogP contribution in [-0.4, -0.2) is 175 Å². The normalized spacial score (nSPS) is 22.6. The molecule has 3 saturated heterocycles. The number of aliphatic hydroxyl groups is 2. The number of nitrogens with zero attached hydrogens (tertiary/aromatic N) is 10. The van der Waals surface area contributed by atoms with Crippen LogP contribution in [0, 0.1) is 11.8 Å². The maximum Gasteiger partial charge on any atom is 0.334 e. The molecule has 2 amide bonds. The fourth-order valence-electron chi connectivity index (χ4n) is 9.98. The van der Waals surface area contributed by atoms with E-state index in [4.69, 9.17) is 69.9 Å². The summed E-state index contributed by atoms with van der Waals surface area (Å²) in [4.78, 5) is 64.7. The number of benzene rings is 2. The highest BCUT2D eigenvalue weighted by molar-refractivity contribution is 7.59. The van der Waals surface area contributed by atoms with Gasteiger partial charge in [0.05, 0.1) is 29.8 Å². The number of amides is 2. The minimum absolute atomic E-state index is 0. The van der Waals surface area contributed by atoms with Gasteiger partial charge in [-0.3, -0.25) is 18.7 Å². The molecule has 4 aromatic heterocycles. The molecule has 2 aromatic carbocycles. The van der Waals surface area contributed by atoms with E-state index in [-0.39, 0.29) is 73.8 Å². The molecule has 0 radical (unpaired) electrons. The standard InChI is InChI=1S/C29H39Cl2N6O6P.C23H29Cl2N6O7P.CH4/c1-7-40-44(6,39)16-22(38)36(14-17(2)3)15-21-23-24(43-29(4,5)42-23)27(41-21)37-26-19(13-33-37)25(34-28(31)35-26)32-12-18-10-8-9-11-20(18)30;1-12(2)9-30(17(32)11-39(35,36)37)10-16-18(33)19(34)22(38-16)31-21-14(8-27-31)20(28-23(25)29-21)26-7-13-5-3-4-6-15(13)24;/h8-11,13,17,21,23-24,27H,7,12,14-16H2,1-6H3,(H,32,34,35);3-6,8,12,16,18-19,22,33-34H,7,9-11H2,1-2H3,(H,26,28,29)(H2,35,36,37);1H4/t21-,23-,24-,27-,44?;16-,18-,19-,22-;/m11./s1. The first-order valence-electron chi connectivity index (χ1n) is 26.7. The van der Waals surface area contributed by atoms with E-state index in [1.165, 1.54) is 22.4 Å². The van der Waals surface area contributed by atoms with Gasteiger partial charge in [-0.05, 0) is 79.1 Å². The predicted octanol–water partition coefficient (Wildman–Crippen LogP) is 8.25. The van der Waals surface area contributed by atoms with E-state index in [9.17, 15) is 38.7 Å². The largest absolute Gasteiger partial charge is 0.387 e. The average Bonchev–Trinajstić information content (AvgIpc) is 4.22. The van der Waals surface area contributed by atoms with Gasteiger partial charge < -0.3 is 63.9 Å². The lowest BCUT2D eigenvalue weighted by Crippen LogP contribution is -2.45. The predicted molar refractivity (Wildman–Crippen MR) is 318 cm³/mol. The molecule has 3 aliphatic rings. The van der Waals surface area contributed by atoms with Crippen molar-refractivity contribution >= 4 is 107 Å². The molecule has 9 atom stereocenters. The van der Waals surface area contributed by atoms with Crippen LogP contribution < -0.4 is 10.6 Å². The number of anilines is 2. The summed E-state index contributed by atoms with van der Waals surface area (Å²) in [6, 6.07) is 14.8. The molecule has 7 heterocycles. The molecule has 25 nitrogen and oxygen atoms in total. The fourth-order valence-corrected chi connectivity index (χ4v) is 12.6. The summed E-state index contributed by atoms with van der Waals surface area (Å²) in [5.41, 5.74) is 2.40. The topological polar surface area (TPSA) is 313 Å². The maximum atomic E-state index is 13.4. The Morgan fingerprint density at radius 1 is 0.702 bits per heavy atom. The fraction of sp³-hybridized carbons (Fsp3) is 0.547. The zero-order valence-electron chi connectivity index (χ0n) is 46.8. The van der Waals surface area contributed by atoms with E-state index in [1.807, 2.05) is 84.0 Å². The second kappa shape index (κ2) is 28.0. The van der Waals surface area contributed by atoms with E-state index < -0.39 is 81.9 Å². The maximum absolute atomic E-state index is 13.4. The van der Waals surface area contributed by atoms with Crippen molar-refractivity contribution < 1.29 is 62.2 Å². The van der Waals surface area contributed by atoms with E-state index >= 15 is 0 Å². The van der Waals surface area contributed by atoms with Gasteiger partial charge >= 0.3 is 7.60 Å². The van der Waals surface area contributed by atoms with Crippen LogP contribution in [0.25, 0.3) is 22.1 Å². The number of hydrogen-bond acceptors (Lipinski definition) is 19. The number of carbonyl (C=O) groups excluding carboxylic acids is 2. The number of hydrogen-bond donors (Lipinski definition) is 6. The van der Waals surface area contributed by atoms with E-state index in [1.54, 1.807) is 28.8 Å². The Bertz CT molecular complexity index is 3380. The van der Waals surface area contributed by atoms with Crippen LogP contribution in [0.1, 0.15) is 79.5 Å². The molecular weight excluding hydrogens is 1220 g/mol. The van der Waals surface area contributed by atoms with Crippen LogP contribution in [-0.2, 0) is 55.3 Å². The molecule has 3 aliphatic heterocycles. The highest BCUT2D eigenvalue weighted by Gasteiger charge is 2.57. The third-order valence-electron chi connectivity index (χ3n) is 13.4. The van der Waals surface area contributed by atoms with Gasteiger partial charge in [0.1, 0.15) is 60.6 Å². The molecule has 0 bridgehead atoms. The second-order valence-corrected chi connectivity index (χ2v) is 27.4. The summed E-state index contributed by atoms with van der Waals surface area (Å²) in [6.07, 6.45) is -5.56. The van der Waals surface area contributed by atoms with Crippen LogP contribution in [0.2, 0.25) is 20.6 Å². The van der Waals surface area contributed by atoms with Crippen molar-refractivity contribution in [3.63, 3.8) is 0 Å². The summed E-state index contributed by atoms with van der Waals surface area (Å²) < 4.78 is 57.6. The number of carbonyl (C=O) groups is 2. The Hall–Kier alpha value is -4.66. The first kappa shape index (κ1) is 66.9. The average molecular weight is 1290 g/mol. The molecule has 0 spiro atoms. The van der Waals surface area contributed by atoms with E-state index in [0.29, 0.717) is 57.7 Å². The molecule has 84 heavy (non-hydrogen) atoms. The van der Waals surface area contributed by atoms with Gasteiger partial charge in [-0.1, -0.05) is 94.7 Å². The number of halogens is 4. The first-order chi connectivity index (χ1) is 39.1. The van der Waals surface area contributed by atoms with Crippen LogP contribution in [0.4, 0.5) is 11.6 Å². The molecular formula is C53H72Cl4N12O13P2. The quantitative estimate of drug-likeness (QED) is 0.0275. The van der Waals surface area contributed by atoms with Crippen molar-refractivity contribution in [2.75, 3.05) is 62.4 Å². The minimum Gasteiger partial charge on any atom is -0.387 e. The van der Waals surface area contributed by atoms with Crippen LogP contribution in [0.3, 0.4) is 0 Å². The zero-order chi connectivity index (χ0) is 60.3. The van der Waals surface area contributed by atoms with Crippen molar-refractivity contribution in [1.29, 1.82) is 0 Å². The second-order valence-electron chi connectivity index (χ2n) is 21.7. The molecule has 6 aromatic rings. The van der Waals surface area contributed by atoms with E-state index in [2.05, 4.69) is 40.8 Å². The number of fused-ring (bicyclic) bond motifs is 3. The van der Waals surface area contributed by atoms with Crippen LogP contribution in [0.15, 0.2) is 60.9 Å². The number of nitrogens with one attached hydrogen (secondary N) is 2. The smallest absolute Gasteiger partial charge is 0.334 e. The summed E-state index contributed by atoms with van der Waals surface area (Å²) in [6.45, 7) is 16.3. The lowest BCUT2D eigenvalue weighted by molar-refractivity contribution is -0.199. The Kier molecular flexibility index (Phi) is 22.3. The highest BCUT2D eigenvalue weighted by atomic mass is 35.5. The van der Waals surface area contributed by atoms with Crippen LogP contribution >= 0.6 is 61.4 Å². The SMILES string of the molecule is C.CC(C)CN(C[C@H]1O[C@@H](n2ncc3c(NCc4ccccc4Cl)nc(Cl)nc32)[C@H](O)[C@@H]1O)C(=O)CP(=O)(O)O.CCOP(C)(=O)CC(=O)N(CC(C)C)C[C@H]1O[C@@H](n2ncc3c(NCc4ccccc4Cl)nc(Cl)nc32)[C@@H]2OC(C)(C)O[C@@H]21. The molecule has 0 aliphatic carbocycles. The first-order valence-corrected chi connectivity index (χ1v) is 32.3. The highest BCUT2D eigenvalue weighted by Crippen LogP contribution is 2.46. The molecule has 460 valence electrons. The Morgan fingerprint density at radius 2 is 1.15 bits per heavy atom. The zero-order valence-corrected chi connectivity index (χ0v) is 51.6. The van der Waals surface area contributed by atoms with Crippen molar-refractivity contribution in [2.45, 2.75) is 124 Å². The lowest BCUT2D eigenvalue weighted by Gasteiger charge is -2.30. The van der Waals surface area contributed by atoms with Crippen molar-refractivity contribution in [2.24, 2.45) is 11.8 Å². The third kappa shape index (κ3) is 16.5. The van der Waals surface area contributed by atoms with Crippen molar-refractivity contribution in [3.05, 3.63) is 92.7 Å². The lowest BCUT2D eigenvalue weighted by atomic mass is 10.1.